The molecule has 0 unspecified atom stereocenters. The third-order valence-corrected chi connectivity index (χ3v) is 5.15. The van der Waals surface area contributed by atoms with Crippen LogP contribution in [0, 0.1) is 6.92 Å². The van der Waals surface area contributed by atoms with Crippen LogP contribution in [0.4, 0.5) is 5.13 Å². The summed E-state index contributed by atoms with van der Waals surface area (Å²) in [6, 6.07) is 15.6. The third kappa shape index (κ3) is 3.75. The van der Waals surface area contributed by atoms with Gasteiger partial charge in [-0.05, 0) is 25.5 Å². The first-order valence-corrected chi connectivity index (χ1v) is 9.27. The van der Waals surface area contributed by atoms with E-state index in [4.69, 9.17) is 4.74 Å². The van der Waals surface area contributed by atoms with E-state index in [1.54, 1.807) is 12.0 Å². The Bertz CT molecular complexity index is 907. The van der Waals surface area contributed by atoms with E-state index in [0.717, 1.165) is 27.4 Å². The van der Waals surface area contributed by atoms with Crippen LogP contribution in [0.5, 0.6) is 5.75 Å². The maximum atomic E-state index is 12.8. The first-order valence-electron chi connectivity index (χ1n) is 8.45. The van der Waals surface area contributed by atoms with E-state index in [-0.39, 0.29) is 12.3 Å². The van der Waals surface area contributed by atoms with Gasteiger partial charge >= 0.3 is 0 Å². The van der Waals surface area contributed by atoms with Crippen LogP contribution in [0.25, 0.3) is 10.6 Å². The number of methoxy groups -OCH3 is 1. The highest BCUT2D eigenvalue weighted by Gasteiger charge is 2.20. The molecule has 0 saturated carbocycles. The molecule has 0 aliphatic heterocycles. The Morgan fingerprint density at radius 3 is 2.58 bits per heavy atom. The molecule has 0 saturated heterocycles. The molecular weight excluding hydrogens is 346 g/mol. The van der Waals surface area contributed by atoms with E-state index < -0.39 is 0 Å². The first-order chi connectivity index (χ1) is 12.6. The quantitative estimate of drug-likeness (QED) is 0.658. The van der Waals surface area contributed by atoms with Crippen molar-refractivity contribution >= 4 is 22.4 Å². The molecule has 0 bridgehead atoms. The molecule has 0 N–H and O–H groups in total. The van der Waals surface area contributed by atoms with E-state index in [9.17, 15) is 4.79 Å². The Morgan fingerprint density at radius 2 is 1.85 bits per heavy atom. The Kier molecular flexibility index (Phi) is 5.63. The summed E-state index contributed by atoms with van der Waals surface area (Å²) in [6.45, 7) is 4.52. The standard InChI is InChI=1S/C20H21N3O2S/c1-4-23(18(24)13-15-10-6-8-12-17(15)25-3)20-22-21-19(26-20)16-11-7-5-9-14(16)2/h5-12H,4,13H2,1-3H3. The molecule has 0 fully saturated rings. The van der Waals surface area contributed by atoms with E-state index in [0.29, 0.717) is 11.7 Å². The monoisotopic (exact) mass is 367 g/mol. The van der Waals surface area contributed by atoms with Crippen LogP contribution in [-0.4, -0.2) is 29.8 Å². The second kappa shape index (κ2) is 8.10. The number of aryl methyl sites for hydroxylation is 1. The normalized spacial score (nSPS) is 10.6. The Morgan fingerprint density at radius 1 is 1.12 bits per heavy atom. The Hall–Kier alpha value is -2.73. The molecule has 1 heterocycles. The number of rotatable bonds is 6. The number of aromatic nitrogens is 2. The fourth-order valence-corrected chi connectivity index (χ4v) is 3.79. The third-order valence-electron chi connectivity index (χ3n) is 4.17. The van der Waals surface area contributed by atoms with Crippen LogP contribution in [0.3, 0.4) is 0 Å². The van der Waals surface area contributed by atoms with Crippen molar-refractivity contribution in [1.82, 2.24) is 10.2 Å². The number of para-hydroxylation sites is 1. The fourth-order valence-electron chi connectivity index (χ4n) is 2.77. The minimum Gasteiger partial charge on any atom is -0.496 e. The van der Waals surface area contributed by atoms with Crippen molar-refractivity contribution in [3.05, 3.63) is 59.7 Å². The summed E-state index contributed by atoms with van der Waals surface area (Å²) in [5, 5.41) is 9.98. The van der Waals surface area contributed by atoms with Gasteiger partial charge in [-0.15, -0.1) is 10.2 Å². The lowest BCUT2D eigenvalue weighted by molar-refractivity contribution is -0.118. The molecule has 2 aromatic carbocycles. The number of anilines is 1. The molecule has 1 aromatic heterocycles. The van der Waals surface area contributed by atoms with Crippen molar-refractivity contribution in [2.45, 2.75) is 20.3 Å². The number of nitrogens with zero attached hydrogens (tertiary/aromatic N) is 3. The maximum Gasteiger partial charge on any atom is 0.233 e. The van der Waals surface area contributed by atoms with Crippen molar-refractivity contribution in [2.75, 3.05) is 18.6 Å². The molecular formula is C20H21N3O2S. The number of likely N-dealkylation sites (N-methyl/N-ethyl adjacent to an activating group) is 1. The van der Waals surface area contributed by atoms with Gasteiger partial charge in [0.25, 0.3) is 0 Å². The number of benzene rings is 2. The largest absolute Gasteiger partial charge is 0.496 e. The van der Waals surface area contributed by atoms with Gasteiger partial charge in [-0.3, -0.25) is 9.69 Å². The summed E-state index contributed by atoms with van der Waals surface area (Å²) in [7, 11) is 1.61. The number of hydrogen-bond donors (Lipinski definition) is 0. The molecule has 0 radical (unpaired) electrons. The van der Waals surface area contributed by atoms with Crippen LogP contribution in [-0.2, 0) is 11.2 Å². The van der Waals surface area contributed by atoms with Gasteiger partial charge < -0.3 is 4.74 Å². The van der Waals surface area contributed by atoms with Gasteiger partial charge in [-0.1, -0.05) is 53.8 Å². The summed E-state index contributed by atoms with van der Waals surface area (Å²) < 4.78 is 5.34. The van der Waals surface area contributed by atoms with Crippen molar-refractivity contribution in [1.29, 1.82) is 0 Å². The smallest absolute Gasteiger partial charge is 0.233 e. The number of carbonyl (C=O) groups excluding carboxylic acids is 1. The SMILES string of the molecule is CCN(C(=O)Cc1ccccc1OC)c1nnc(-c2ccccc2C)s1. The average Bonchev–Trinajstić information content (AvgIpc) is 3.12. The highest BCUT2D eigenvalue weighted by atomic mass is 32.1. The molecule has 0 aliphatic carbocycles. The summed E-state index contributed by atoms with van der Waals surface area (Å²) in [5.41, 5.74) is 3.05. The molecule has 0 atom stereocenters. The van der Waals surface area contributed by atoms with Crippen molar-refractivity contribution in [3.63, 3.8) is 0 Å². The Balaban J connectivity index is 1.83. The van der Waals surface area contributed by atoms with Crippen LogP contribution < -0.4 is 9.64 Å². The summed E-state index contributed by atoms with van der Waals surface area (Å²) in [4.78, 5) is 14.5. The molecule has 5 nitrogen and oxygen atoms in total. The van der Waals surface area contributed by atoms with Gasteiger partial charge in [0.2, 0.25) is 11.0 Å². The lowest BCUT2D eigenvalue weighted by atomic mass is 10.1. The summed E-state index contributed by atoms with van der Waals surface area (Å²) >= 11 is 1.43. The van der Waals surface area contributed by atoms with Crippen molar-refractivity contribution in [2.24, 2.45) is 0 Å². The van der Waals surface area contributed by atoms with E-state index in [1.165, 1.54) is 11.3 Å². The minimum atomic E-state index is -0.0236. The van der Waals surface area contributed by atoms with Gasteiger partial charge in [0, 0.05) is 17.7 Å². The van der Waals surface area contributed by atoms with Gasteiger partial charge in [-0.25, -0.2) is 0 Å². The molecule has 6 heteroatoms. The molecule has 0 aliphatic rings. The fraction of sp³-hybridized carbons (Fsp3) is 0.250. The van der Waals surface area contributed by atoms with Crippen LogP contribution in [0.15, 0.2) is 48.5 Å². The van der Waals surface area contributed by atoms with Crippen molar-refractivity contribution in [3.8, 4) is 16.3 Å². The molecule has 3 aromatic rings. The highest BCUT2D eigenvalue weighted by Crippen LogP contribution is 2.31. The lowest BCUT2D eigenvalue weighted by Crippen LogP contribution is -2.32. The number of amides is 1. The van der Waals surface area contributed by atoms with Gasteiger partial charge in [-0.2, -0.15) is 0 Å². The van der Waals surface area contributed by atoms with E-state index >= 15 is 0 Å². The zero-order chi connectivity index (χ0) is 18.5. The Labute approximate surface area is 157 Å². The molecule has 3 rings (SSSR count). The van der Waals surface area contributed by atoms with Crippen LogP contribution in [0.2, 0.25) is 0 Å². The molecule has 0 spiro atoms. The summed E-state index contributed by atoms with van der Waals surface area (Å²) in [6.07, 6.45) is 0.261. The zero-order valence-electron chi connectivity index (χ0n) is 15.1. The average molecular weight is 367 g/mol. The summed E-state index contributed by atoms with van der Waals surface area (Å²) in [5.74, 6) is 0.694. The molecule has 1 amide bonds. The number of carbonyl (C=O) groups is 1. The molecule has 134 valence electrons. The second-order valence-corrected chi connectivity index (χ2v) is 6.79. The van der Waals surface area contributed by atoms with Crippen molar-refractivity contribution < 1.29 is 9.53 Å². The minimum absolute atomic E-state index is 0.0236. The van der Waals surface area contributed by atoms with Crippen LogP contribution in [0.1, 0.15) is 18.1 Å². The predicted molar refractivity (Wildman–Crippen MR) is 105 cm³/mol. The van der Waals surface area contributed by atoms with Gasteiger partial charge in [0.15, 0.2) is 0 Å². The number of ether oxygens (including phenoxy) is 1. The number of hydrogen-bond acceptors (Lipinski definition) is 5. The predicted octanol–water partition coefficient (Wildman–Crippen LogP) is 4.12. The van der Waals surface area contributed by atoms with Gasteiger partial charge in [0.05, 0.1) is 13.5 Å². The zero-order valence-corrected chi connectivity index (χ0v) is 15.9. The van der Waals surface area contributed by atoms with E-state index in [2.05, 4.69) is 10.2 Å². The van der Waals surface area contributed by atoms with Crippen LogP contribution >= 0.6 is 11.3 Å². The lowest BCUT2D eigenvalue weighted by Gasteiger charge is -2.17. The topological polar surface area (TPSA) is 55.3 Å². The van der Waals surface area contributed by atoms with E-state index in [1.807, 2.05) is 62.4 Å². The maximum absolute atomic E-state index is 12.8. The highest BCUT2D eigenvalue weighted by molar-refractivity contribution is 7.18. The molecule has 26 heavy (non-hydrogen) atoms. The second-order valence-electron chi connectivity index (χ2n) is 5.83. The first kappa shape index (κ1) is 18.1. The van der Waals surface area contributed by atoms with Gasteiger partial charge in [0.1, 0.15) is 10.8 Å².